The predicted octanol–water partition coefficient (Wildman–Crippen LogP) is -3.57. The Morgan fingerprint density at radius 2 is 1.09 bits per heavy atom. The van der Waals surface area contributed by atoms with E-state index in [-0.39, 0.29) is 47.2 Å². The number of fused-ring (bicyclic) bond motifs is 7. The van der Waals surface area contributed by atoms with Crippen LogP contribution >= 0.6 is 0 Å². The van der Waals surface area contributed by atoms with Crippen LogP contribution in [0.4, 0.5) is 0 Å². The van der Waals surface area contributed by atoms with Gasteiger partial charge in [0, 0.05) is 5.41 Å². The Morgan fingerprint density at radius 3 is 1.70 bits per heavy atom. The Kier molecular flexibility index (Phi) is 19.4. The third-order valence-electron chi connectivity index (χ3n) is 23.3. The monoisotopic (exact) mass is 1240 g/mol. The molecular formula is C59H96O27. The van der Waals surface area contributed by atoms with Crippen molar-refractivity contribution in [2.45, 2.75) is 266 Å². The van der Waals surface area contributed by atoms with E-state index in [2.05, 4.69) is 40.7 Å². The first-order valence-corrected chi connectivity index (χ1v) is 30.8. The first-order valence-electron chi connectivity index (χ1n) is 30.8. The molecule has 5 aliphatic carbocycles. The molecule has 27 heteroatoms. The number of rotatable bonds is 14. The zero-order valence-electron chi connectivity index (χ0n) is 50.0. The second kappa shape index (κ2) is 24.9. The molecule has 0 aromatic heterocycles. The van der Waals surface area contributed by atoms with Crippen molar-refractivity contribution in [3.8, 4) is 0 Å². The van der Waals surface area contributed by atoms with Gasteiger partial charge in [-0.2, -0.15) is 0 Å². The van der Waals surface area contributed by atoms with Gasteiger partial charge in [0.2, 0.25) is 6.29 Å². The van der Waals surface area contributed by atoms with Gasteiger partial charge in [-0.15, -0.1) is 0 Å². The van der Waals surface area contributed by atoms with Gasteiger partial charge >= 0.3 is 5.97 Å². The highest BCUT2D eigenvalue weighted by atomic mass is 16.8. The Balaban J connectivity index is 0.808. The van der Waals surface area contributed by atoms with Crippen LogP contribution in [0.2, 0.25) is 0 Å². The van der Waals surface area contributed by atoms with Gasteiger partial charge in [-0.05, 0) is 111 Å². The Morgan fingerprint density at radius 1 is 0.535 bits per heavy atom. The van der Waals surface area contributed by atoms with Crippen LogP contribution in [0.15, 0.2) is 11.6 Å². The summed E-state index contributed by atoms with van der Waals surface area (Å²) in [5.41, 5.74) is -1.90. The number of aliphatic hydroxyl groups is 16. The van der Waals surface area contributed by atoms with Crippen LogP contribution in [0, 0.1) is 50.2 Å². The molecule has 5 heterocycles. The zero-order chi connectivity index (χ0) is 62.7. The van der Waals surface area contributed by atoms with Gasteiger partial charge in [-0.25, -0.2) is 0 Å². The van der Waals surface area contributed by atoms with Crippen LogP contribution in [-0.4, -0.2) is 274 Å². The molecule has 27 nitrogen and oxygen atoms in total. The van der Waals surface area contributed by atoms with Crippen molar-refractivity contribution in [2.75, 3.05) is 33.0 Å². The average Bonchev–Trinajstić information content (AvgIpc) is 0.692. The van der Waals surface area contributed by atoms with E-state index >= 15 is 4.79 Å². The highest BCUT2D eigenvalue weighted by molar-refractivity contribution is 5.79. The molecule has 4 saturated carbocycles. The topological polar surface area (TPSA) is 433 Å². The SMILES string of the molecule is CC1OC(OC2COC(OC3CCC4(C)C(CCC5(C)C4CC=C4C6CC(C)(C)CCC6(C(=O)OC6OC(CO)C(OC7OC(CO)C(O)C(O)C7O)C(O)C6O)CCC45C)C3(C)CO)C(O)C2O)C(O)C(OC2OC(CO)C(O)C(O)C2O)C1O. The second-order valence-corrected chi connectivity index (χ2v) is 28.5. The molecule has 0 spiro atoms. The second-order valence-electron chi connectivity index (χ2n) is 28.5. The van der Waals surface area contributed by atoms with E-state index in [1.807, 2.05) is 6.92 Å². The highest BCUT2D eigenvalue weighted by Crippen LogP contribution is 2.76. The van der Waals surface area contributed by atoms with E-state index < -0.39 is 196 Å². The Bertz CT molecular complexity index is 2380. The summed E-state index contributed by atoms with van der Waals surface area (Å²) in [6.07, 6.45) is -30.9. The summed E-state index contributed by atoms with van der Waals surface area (Å²) < 4.78 is 58.9. The van der Waals surface area contributed by atoms with E-state index in [1.165, 1.54) is 12.5 Å². The van der Waals surface area contributed by atoms with E-state index in [0.29, 0.717) is 57.8 Å². The van der Waals surface area contributed by atoms with E-state index in [0.717, 1.165) is 6.42 Å². The van der Waals surface area contributed by atoms with Gasteiger partial charge in [0.05, 0.1) is 50.7 Å². The third-order valence-corrected chi connectivity index (χ3v) is 23.3. The maximum atomic E-state index is 15.1. The van der Waals surface area contributed by atoms with Gasteiger partial charge in [0.15, 0.2) is 25.2 Å². The van der Waals surface area contributed by atoms with Crippen molar-refractivity contribution >= 4 is 5.97 Å². The van der Waals surface area contributed by atoms with Gasteiger partial charge in [-0.3, -0.25) is 4.79 Å². The molecular weight excluding hydrogens is 1140 g/mol. The van der Waals surface area contributed by atoms with Crippen LogP contribution in [0.5, 0.6) is 0 Å². The maximum Gasteiger partial charge on any atom is 0.315 e. The van der Waals surface area contributed by atoms with Crippen LogP contribution in [0.25, 0.3) is 0 Å². The molecule has 0 aromatic carbocycles. The number of hydrogen-bond acceptors (Lipinski definition) is 27. The van der Waals surface area contributed by atoms with Gasteiger partial charge in [0.1, 0.15) is 110 Å². The standard InChI is InChI=1S/C59H96O27/c1-24-34(64)47(85-50-43(73)39(69)36(66)28(20-61)80-50)45(75)52(78-24)82-30-22-77-48(41(71)37(30)67)83-33-11-12-55(4)31(56(33,5)23-63)10-13-58(7)32(55)9-8-25-26-18-54(2,3)14-16-59(26,17-15-57(25,58)6)53(76)86-51-44(74)40(70)46(29(21-62)81-51)84-49-42(72)38(68)35(65)27(19-60)79-49/h8,24,26-52,60-75H,9-23H2,1-7H3. The molecule has 494 valence electrons. The first-order chi connectivity index (χ1) is 40.4. The lowest BCUT2D eigenvalue weighted by Crippen LogP contribution is -2.67. The molecule has 86 heavy (non-hydrogen) atoms. The quantitative estimate of drug-likeness (QED) is 0.0454. The van der Waals surface area contributed by atoms with Crippen molar-refractivity contribution < 1.29 is 134 Å². The number of allylic oxidation sites excluding steroid dienone is 2. The fourth-order valence-electron chi connectivity index (χ4n) is 17.7. The fraction of sp³-hybridized carbons (Fsp3) is 0.949. The van der Waals surface area contributed by atoms with Crippen molar-refractivity contribution in [1.29, 1.82) is 0 Å². The molecule has 0 bridgehead atoms. The summed E-state index contributed by atoms with van der Waals surface area (Å²) in [4.78, 5) is 15.1. The molecule has 16 N–H and O–H groups in total. The Hall–Kier alpha value is -1.79. The minimum Gasteiger partial charge on any atom is -0.432 e. The van der Waals surface area contributed by atoms with Crippen LogP contribution in [-0.2, 0) is 52.2 Å². The molecule has 10 aliphatic rings. The number of hydrogen-bond donors (Lipinski definition) is 16. The lowest BCUT2D eigenvalue weighted by molar-refractivity contribution is -0.373. The summed E-state index contributed by atoms with van der Waals surface area (Å²) >= 11 is 0. The van der Waals surface area contributed by atoms with E-state index in [1.54, 1.807) is 0 Å². The largest absolute Gasteiger partial charge is 0.432 e. The maximum absolute atomic E-state index is 15.1. The molecule has 5 aliphatic heterocycles. The highest BCUT2D eigenvalue weighted by Gasteiger charge is 2.71. The average molecular weight is 1240 g/mol. The number of aliphatic hydroxyl groups excluding tert-OH is 16. The van der Waals surface area contributed by atoms with Crippen LogP contribution < -0.4 is 0 Å². The summed E-state index contributed by atoms with van der Waals surface area (Å²) in [5.74, 6) is -0.838. The smallest absolute Gasteiger partial charge is 0.315 e. The molecule has 5 saturated heterocycles. The van der Waals surface area contributed by atoms with Crippen molar-refractivity contribution in [3.63, 3.8) is 0 Å². The predicted molar refractivity (Wildman–Crippen MR) is 289 cm³/mol. The summed E-state index contributed by atoms with van der Waals surface area (Å²) in [6, 6.07) is 0. The lowest BCUT2D eigenvalue weighted by Gasteiger charge is -2.71. The van der Waals surface area contributed by atoms with Crippen molar-refractivity contribution in [2.24, 2.45) is 50.2 Å². The van der Waals surface area contributed by atoms with E-state index in [4.69, 9.17) is 47.4 Å². The van der Waals surface area contributed by atoms with Gasteiger partial charge in [0.25, 0.3) is 0 Å². The molecule has 0 amide bonds. The van der Waals surface area contributed by atoms with E-state index in [9.17, 15) is 81.7 Å². The van der Waals surface area contributed by atoms with Crippen molar-refractivity contribution in [1.82, 2.24) is 0 Å². The summed E-state index contributed by atoms with van der Waals surface area (Å²) in [5, 5.41) is 172. The summed E-state index contributed by atoms with van der Waals surface area (Å²) in [6.45, 7) is 11.9. The molecule has 33 unspecified atom stereocenters. The van der Waals surface area contributed by atoms with Gasteiger partial charge < -0.3 is 129 Å². The van der Waals surface area contributed by atoms with Gasteiger partial charge in [-0.1, -0.05) is 53.2 Å². The lowest BCUT2D eigenvalue weighted by atomic mass is 9.33. The fourth-order valence-corrected chi connectivity index (χ4v) is 17.7. The Labute approximate surface area is 499 Å². The number of esters is 1. The van der Waals surface area contributed by atoms with Crippen LogP contribution in [0.1, 0.15) is 113 Å². The third kappa shape index (κ3) is 11.1. The minimum atomic E-state index is -1.90. The number of carbonyl (C=O) groups excluding carboxylic acids is 1. The molecule has 10 rings (SSSR count). The molecule has 33 atom stereocenters. The minimum absolute atomic E-state index is 0.0777. The molecule has 9 fully saturated rings. The molecule has 0 aromatic rings. The number of carbonyl (C=O) groups is 1. The normalized spacial score (nSPS) is 54.8. The summed E-state index contributed by atoms with van der Waals surface area (Å²) in [7, 11) is 0. The molecule has 0 radical (unpaired) electrons. The first kappa shape index (κ1) is 67.1. The van der Waals surface area contributed by atoms with Crippen LogP contribution in [0.3, 0.4) is 0 Å². The number of ether oxygens (including phenoxy) is 10. The zero-order valence-corrected chi connectivity index (χ0v) is 50.0. The van der Waals surface area contributed by atoms with Crippen molar-refractivity contribution in [3.05, 3.63) is 11.6 Å².